The number of hydrogen-bond donors (Lipinski definition) is 0. The molecule has 0 aliphatic carbocycles. The van der Waals surface area contributed by atoms with E-state index in [1.807, 2.05) is 6.07 Å². The standard InChI is InChI=1S/C22H14ClNO4/c1-13-18(28-22(26)14-5-4-6-15(23)11-14)9-8-17-20(25)19(27-21(13)17)12-16-7-2-3-10-24-16/h2-12H,1H3/b19-12-. The summed E-state index contributed by atoms with van der Waals surface area (Å²) in [4.78, 5) is 29.2. The third-order valence-corrected chi connectivity index (χ3v) is 4.50. The second kappa shape index (κ2) is 7.29. The van der Waals surface area contributed by atoms with Gasteiger partial charge in [-0.05, 0) is 49.4 Å². The van der Waals surface area contributed by atoms with Gasteiger partial charge in [-0.3, -0.25) is 9.78 Å². The molecule has 1 aliphatic heterocycles. The SMILES string of the molecule is Cc1c(OC(=O)c2cccc(Cl)c2)ccc2c1O/C(=C\c1ccccn1)C2=O. The summed E-state index contributed by atoms with van der Waals surface area (Å²) in [5.41, 5.74) is 1.93. The normalized spacial score (nSPS) is 13.9. The lowest BCUT2D eigenvalue weighted by Gasteiger charge is -2.10. The van der Waals surface area contributed by atoms with Crippen LogP contribution in [0.25, 0.3) is 6.08 Å². The summed E-state index contributed by atoms with van der Waals surface area (Å²) in [6.45, 7) is 1.73. The molecular formula is C22H14ClNO4. The van der Waals surface area contributed by atoms with Gasteiger partial charge in [0.1, 0.15) is 11.5 Å². The summed E-state index contributed by atoms with van der Waals surface area (Å²) < 4.78 is 11.2. The average molecular weight is 392 g/mol. The number of Topliss-reactive ketones (excluding diaryl/α,β-unsaturated/α-hetero) is 1. The van der Waals surface area contributed by atoms with Crippen LogP contribution in [-0.2, 0) is 0 Å². The molecule has 0 fully saturated rings. The number of carbonyl (C=O) groups is 2. The molecule has 28 heavy (non-hydrogen) atoms. The van der Waals surface area contributed by atoms with Crippen molar-refractivity contribution < 1.29 is 19.1 Å². The van der Waals surface area contributed by atoms with Gasteiger partial charge in [0.15, 0.2) is 5.76 Å². The zero-order valence-corrected chi connectivity index (χ0v) is 15.6. The number of allylic oxidation sites excluding steroid dienone is 1. The van der Waals surface area contributed by atoms with Gasteiger partial charge in [-0.25, -0.2) is 4.79 Å². The largest absolute Gasteiger partial charge is 0.452 e. The van der Waals surface area contributed by atoms with Crippen molar-refractivity contribution in [2.45, 2.75) is 6.92 Å². The highest BCUT2D eigenvalue weighted by molar-refractivity contribution is 6.30. The van der Waals surface area contributed by atoms with Crippen LogP contribution in [0.4, 0.5) is 0 Å². The lowest BCUT2D eigenvalue weighted by Crippen LogP contribution is -2.09. The van der Waals surface area contributed by atoms with Crippen LogP contribution in [-0.4, -0.2) is 16.7 Å². The van der Waals surface area contributed by atoms with Gasteiger partial charge < -0.3 is 9.47 Å². The van der Waals surface area contributed by atoms with E-state index in [1.54, 1.807) is 61.7 Å². The van der Waals surface area contributed by atoms with E-state index in [-0.39, 0.29) is 11.5 Å². The van der Waals surface area contributed by atoms with E-state index in [4.69, 9.17) is 21.1 Å². The number of halogens is 1. The highest BCUT2D eigenvalue weighted by Crippen LogP contribution is 2.39. The number of nitrogens with zero attached hydrogens (tertiary/aromatic N) is 1. The molecule has 4 rings (SSSR count). The van der Waals surface area contributed by atoms with Gasteiger partial charge in [0, 0.05) is 22.9 Å². The van der Waals surface area contributed by atoms with Gasteiger partial charge in [0.25, 0.3) is 0 Å². The minimum Gasteiger partial charge on any atom is -0.452 e. The molecule has 2 heterocycles. The predicted molar refractivity (Wildman–Crippen MR) is 105 cm³/mol. The van der Waals surface area contributed by atoms with Crippen LogP contribution in [0.5, 0.6) is 11.5 Å². The van der Waals surface area contributed by atoms with Crippen LogP contribution in [0.2, 0.25) is 5.02 Å². The Labute approximate surface area is 166 Å². The van der Waals surface area contributed by atoms with Crippen LogP contribution in [0, 0.1) is 6.92 Å². The molecule has 0 unspecified atom stereocenters. The third kappa shape index (κ3) is 3.40. The van der Waals surface area contributed by atoms with Crippen LogP contribution < -0.4 is 9.47 Å². The van der Waals surface area contributed by atoms with Crippen LogP contribution in [0.15, 0.2) is 66.6 Å². The molecule has 0 saturated carbocycles. The van der Waals surface area contributed by atoms with Gasteiger partial charge in [-0.2, -0.15) is 0 Å². The van der Waals surface area contributed by atoms with Gasteiger partial charge in [0.2, 0.25) is 5.78 Å². The Morgan fingerprint density at radius 1 is 1.14 bits per heavy atom. The first-order chi connectivity index (χ1) is 13.5. The molecule has 0 radical (unpaired) electrons. The summed E-state index contributed by atoms with van der Waals surface area (Å²) in [5, 5.41) is 0.443. The molecule has 0 amide bonds. The predicted octanol–water partition coefficient (Wildman–Crippen LogP) is 4.88. The van der Waals surface area contributed by atoms with Crippen molar-refractivity contribution >= 4 is 29.4 Å². The molecule has 2 aromatic carbocycles. The molecule has 0 spiro atoms. The highest BCUT2D eigenvalue weighted by Gasteiger charge is 2.30. The van der Waals surface area contributed by atoms with E-state index in [2.05, 4.69) is 4.98 Å². The Balaban J connectivity index is 1.62. The van der Waals surface area contributed by atoms with Crippen molar-refractivity contribution in [2.24, 2.45) is 0 Å². The van der Waals surface area contributed by atoms with Crippen molar-refractivity contribution in [2.75, 3.05) is 0 Å². The minimum atomic E-state index is -0.542. The Morgan fingerprint density at radius 2 is 2.00 bits per heavy atom. The van der Waals surface area contributed by atoms with E-state index in [1.165, 1.54) is 6.07 Å². The molecule has 5 nitrogen and oxygen atoms in total. The third-order valence-electron chi connectivity index (χ3n) is 4.27. The maximum absolute atomic E-state index is 12.6. The first kappa shape index (κ1) is 17.9. The molecule has 0 N–H and O–H groups in total. The summed E-state index contributed by atoms with van der Waals surface area (Å²) in [6.07, 6.45) is 3.22. The van der Waals surface area contributed by atoms with Gasteiger partial charge in [0.05, 0.1) is 16.8 Å². The van der Waals surface area contributed by atoms with Crippen molar-refractivity contribution in [3.05, 3.63) is 94.0 Å². The van der Waals surface area contributed by atoms with Gasteiger partial charge >= 0.3 is 5.97 Å². The van der Waals surface area contributed by atoms with Gasteiger partial charge in [-0.1, -0.05) is 23.7 Å². The first-order valence-corrected chi connectivity index (χ1v) is 8.87. The highest BCUT2D eigenvalue weighted by atomic mass is 35.5. The number of benzene rings is 2. The monoisotopic (exact) mass is 391 g/mol. The number of pyridine rings is 1. The fourth-order valence-corrected chi connectivity index (χ4v) is 3.04. The quantitative estimate of drug-likeness (QED) is 0.361. The molecule has 1 aliphatic rings. The van der Waals surface area contributed by atoms with Crippen LogP contribution in [0.1, 0.15) is 32.0 Å². The number of carbonyl (C=O) groups excluding carboxylic acids is 2. The fraction of sp³-hybridized carbons (Fsp3) is 0.0455. The Morgan fingerprint density at radius 3 is 2.75 bits per heavy atom. The Kier molecular flexibility index (Phi) is 4.67. The van der Waals surface area contributed by atoms with E-state index in [0.29, 0.717) is 38.9 Å². The maximum atomic E-state index is 12.6. The molecule has 3 aromatic rings. The number of aromatic nitrogens is 1. The second-order valence-corrected chi connectivity index (χ2v) is 6.60. The second-order valence-electron chi connectivity index (χ2n) is 6.16. The number of ether oxygens (including phenoxy) is 2. The first-order valence-electron chi connectivity index (χ1n) is 8.49. The molecule has 0 saturated heterocycles. The van der Waals surface area contributed by atoms with E-state index < -0.39 is 5.97 Å². The number of ketones is 1. The molecule has 1 aromatic heterocycles. The lowest BCUT2D eigenvalue weighted by atomic mass is 10.1. The van der Waals surface area contributed by atoms with Crippen molar-refractivity contribution in [1.82, 2.24) is 4.98 Å². The minimum absolute atomic E-state index is 0.176. The number of rotatable bonds is 3. The zero-order valence-electron chi connectivity index (χ0n) is 14.8. The molecule has 0 bridgehead atoms. The fourth-order valence-electron chi connectivity index (χ4n) is 2.85. The molecular weight excluding hydrogens is 378 g/mol. The van der Waals surface area contributed by atoms with E-state index >= 15 is 0 Å². The van der Waals surface area contributed by atoms with Gasteiger partial charge in [-0.15, -0.1) is 0 Å². The Bertz CT molecular complexity index is 1120. The van der Waals surface area contributed by atoms with Crippen LogP contribution >= 0.6 is 11.6 Å². The molecule has 0 atom stereocenters. The zero-order chi connectivity index (χ0) is 19.7. The topological polar surface area (TPSA) is 65.5 Å². The van der Waals surface area contributed by atoms with E-state index in [0.717, 1.165) is 0 Å². The lowest BCUT2D eigenvalue weighted by molar-refractivity contribution is 0.0733. The summed E-state index contributed by atoms with van der Waals surface area (Å²) in [5.74, 6) is 0.0879. The average Bonchev–Trinajstić information content (AvgIpc) is 3.01. The van der Waals surface area contributed by atoms with Crippen molar-refractivity contribution in [3.8, 4) is 11.5 Å². The Hall–Kier alpha value is -3.44. The molecule has 138 valence electrons. The van der Waals surface area contributed by atoms with Crippen LogP contribution in [0.3, 0.4) is 0 Å². The summed E-state index contributed by atoms with van der Waals surface area (Å²) >= 11 is 5.92. The number of esters is 1. The van der Waals surface area contributed by atoms with Crippen molar-refractivity contribution in [1.29, 1.82) is 0 Å². The number of fused-ring (bicyclic) bond motifs is 1. The summed E-state index contributed by atoms with van der Waals surface area (Å²) in [7, 11) is 0. The summed E-state index contributed by atoms with van der Waals surface area (Å²) in [6, 6.07) is 15.1. The molecule has 6 heteroatoms. The van der Waals surface area contributed by atoms with E-state index in [9.17, 15) is 9.59 Å². The number of hydrogen-bond acceptors (Lipinski definition) is 5. The smallest absolute Gasteiger partial charge is 0.343 e. The maximum Gasteiger partial charge on any atom is 0.343 e. The van der Waals surface area contributed by atoms with Crippen molar-refractivity contribution in [3.63, 3.8) is 0 Å².